The smallest absolute Gasteiger partial charge is 0.236 e. The number of likely N-dealkylation sites (N-methyl/N-ethyl adjacent to an activating group) is 1. The highest BCUT2D eigenvalue weighted by Gasteiger charge is 2.35. The van der Waals surface area contributed by atoms with Crippen LogP contribution in [-0.4, -0.2) is 75.8 Å². The van der Waals surface area contributed by atoms with Gasteiger partial charge in [-0.25, -0.2) is 13.1 Å². The SMILES string of the molecule is CN1C=NC(S(=O)(=O)NCCOc2ccc3c(c2)C(Cc2cccc(N)c2)C(N2CCCC2)CC3)C1. The molecule has 0 amide bonds. The maximum Gasteiger partial charge on any atom is 0.236 e. The van der Waals surface area contributed by atoms with Gasteiger partial charge < -0.3 is 15.4 Å². The Kier molecular flexibility index (Phi) is 7.50. The minimum Gasteiger partial charge on any atom is -0.492 e. The number of sulfonamides is 1. The Labute approximate surface area is 214 Å². The van der Waals surface area contributed by atoms with E-state index in [1.165, 1.54) is 49.0 Å². The Morgan fingerprint density at radius 1 is 1.17 bits per heavy atom. The number of nitrogen functional groups attached to an aromatic ring is 1. The summed E-state index contributed by atoms with van der Waals surface area (Å²) in [5, 5.41) is -0.762. The van der Waals surface area contributed by atoms with Gasteiger partial charge >= 0.3 is 0 Å². The minimum atomic E-state index is -3.51. The van der Waals surface area contributed by atoms with E-state index in [4.69, 9.17) is 10.5 Å². The van der Waals surface area contributed by atoms with Gasteiger partial charge in [-0.15, -0.1) is 0 Å². The molecule has 0 radical (unpaired) electrons. The van der Waals surface area contributed by atoms with Crippen LogP contribution in [0.15, 0.2) is 47.5 Å². The van der Waals surface area contributed by atoms with Gasteiger partial charge in [0.25, 0.3) is 0 Å². The molecule has 194 valence electrons. The molecule has 1 saturated heterocycles. The summed E-state index contributed by atoms with van der Waals surface area (Å²) in [6.07, 6.45) is 7.29. The van der Waals surface area contributed by atoms with Gasteiger partial charge in [-0.1, -0.05) is 18.2 Å². The highest BCUT2D eigenvalue weighted by Crippen LogP contribution is 2.40. The summed E-state index contributed by atoms with van der Waals surface area (Å²) in [4.78, 5) is 8.50. The first kappa shape index (κ1) is 25.0. The first-order valence-electron chi connectivity index (χ1n) is 13.0. The maximum atomic E-state index is 12.5. The van der Waals surface area contributed by atoms with Crippen molar-refractivity contribution in [2.75, 3.05) is 45.6 Å². The van der Waals surface area contributed by atoms with Crippen LogP contribution in [-0.2, 0) is 22.9 Å². The van der Waals surface area contributed by atoms with Crippen LogP contribution in [0.3, 0.4) is 0 Å². The number of nitrogens with one attached hydrogen (secondary N) is 1. The zero-order chi connectivity index (χ0) is 25.1. The van der Waals surface area contributed by atoms with Crippen LogP contribution in [0.5, 0.6) is 5.75 Å². The lowest BCUT2D eigenvalue weighted by Gasteiger charge is -2.39. The standard InChI is InChI=1S/C27H37N5O3S/c1-31-18-27(29-19-31)36(33,34)30-11-14-35-23-9-7-21-8-10-26(32-12-2-3-13-32)25(24(21)17-23)16-20-5-4-6-22(28)15-20/h4-7,9,15,17,19,25-27,30H,2-3,8,10-14,16,18,28H2,1H3. The Morgan fingerprint density at radius 2 is 2.00 bits per heavy atom. The van der Waals surface area contributed by atoms with Crippen molar-refractivity contribution < 1.29 is 13.2 Å². The number of hydrogen-bond donors (Lipinski definition) is 2. The van der Waals surface area contributed by atoms with Crippen molar-refractivity contribution in [3.63, 3.8) is 0 Å². The van der Waals surface area contributed by atoms with Crippen molar-refractivity contribution in [2.24, 2.45) is 4.99 Å². The Morgan fingerprint density at radius 3 is 2.75 bits per heavy atom. The number of aliphatic imine (C=N–C) groups is 1. The van der Waals surface area contributed by atoms with E-state index >= 15 is 0 Å². The van der Waals surface area contributed by atoms with Crippen LogP contribution >= 0.6 is 0 Å². The van der Waals surface area contributed by atoms with E-state index in [2.05, 4.69) is 38.9 Å². The van der Waals surface area contributed by atoms with Crippen LogP contribution in [0.1, 0.15) is 41.9 Å². The summed E-state index contributed by atoms with van der Waals surface area (Å²) in [6.45, 7) is 3.18. The number of rotatable bonds is 9. The molecular weight excluding hydrogens is 474 g/mol. The molecule has 1 fully saturated rings. The Hall–Kier alpha value is -2.62. The third-order valence-corrected chi connectivity index (χ3v) is 9.21. The number of anilines is 1. The number of hydrogen-bond acceptors (Lipinski definition) is 7. The third kappa shape index (κ3) is 5.68. The average molecular weight is 512 g/mol. The van der Waals surface area contributed by atoms with Crippen LogP contribution in [0.2, 0.25) is 0 Å². The van der Waals surface area contributed by atoms with Gasteiger partial charge in [0.2, 0.25) is 10.0 Å². The molecule has 0 bridgehead atoms. The summed E-state index contributed by atoms with van der Waals surface area (Å²) in [5.41, 5.74) is 10.9. The van der Waals surface area contributed by atoms with Gasteiger partial charge in [0.1, 0.15) is 12.4 Å². The minimum absolute atomic E-state index is 0.207. The topological polar surface area (TPSA) is 100 Å². The van der Waals surface area contributed by atoms with E-state index in [0.29, 0.717) is 18.5 Å². The fourth-order valence-corrected chi connectivity index (χ4v) is 7.04. The summed E-state index contributed by atoms with van der Waals surface area (Å²) in [7, 11) is -1.70. The zero-order valence-electron chi connectivity index (χ0n) is 21.0. The number of aryl methyl sites for hydroxylation is 1. The second-order valence-electron chi connectivity index (χ2n) is 10.2. The van der Waals surface area contributed by atoms with Gasteiger partial charge in [-0.3, -0.25) is 9.89 Å². The second kappa shape index (κ2) is 10.8. The maximum absolute atomic E-state index is 12.5. The third-order valence-electron chi connectivity index (χ3n) is 7.61. The molecule has 3 N–H and O–H groups in total. The molecule has 0 saturated carbocycles. The lowest BCUT2D eigenvalue weighted by atomic mass is 9.75. The Bertz CT molecular complexity index is 1200. The molecule has 3 atom stereocenters. The van der Waals surface area contributed by atoms with Crippen LogP contribution in [0.25, 0.3) is 0 Å². The van der Waals surface area contributed by atoms with E-state index in [9.17, 15) is 8.42 Å². The number of benzene rings is 2. The van der Waals surface area contributed by atoms with Gasteiger partial charge in [0.05, 0.1) is 12.9 Å². The first-order valence-corrected chi connectivity index (χ1v) is 14.5. The van der Waals surface area contributed by atoms with E-state index in [-0.39, 0.29) is 13.2 Å². The molecule has 2 heterocycles. The first-order chi connectivity index (χ1) is 17.4. The molecule has 2 aromatic carbocycles. The summed E-state index contributed by atoms with van der Waals surface area (Å²) >= 11 is 0. The van der Waals surface area contributed by atoms with E-state index in [0.717, 1.165) is 24.3 Å². The van der Waals surface area contributed by atoms with Gasteiger partial charge in [0.15, 0.2) is 5.37 Å². The van der Waals surface area contributed by atoms with E-state index < -0.39 is 15.4 Å². The summed E-state index contributed by atoms with van der Waals surface area (Å²) < 4.78 is 33.6. The van der Waals surface area contributed by atoms with Crippen molar-refractivity contribution in [2.45, 2.75) is 49.4 Å². The normalized spacial score (nSPS) is 24.2. The predicted octanol–water partition coefficient (Wildman–Crippen LogP) is 2.60. The quantitative estimate of drug-likeness (QED) is 0.397. The monoisotopic (exact) mass is 511 g/mol. The van der Waals surface area contributed by atoms with Gasteiger partial charge in [-0.2, -0.15) is 0 Å². The number of fused-ring (bicyclic) bond motifs is 1. The molecule has 1 aliphatic carbocycles. The second-order valence-corrected chi connectivity index (χ2v) is 12.1. The van der Waals surface area contributed by atoms with Crippen molar-refractivity contribution in [3.05, 3.63) is 59.2 Å². The fraction of sp³-hybridized carbons (Fsp3) is 0.519. The number of ether oxygens (including phenoxy) is 1. The molecule has 2 aliphatic heterocycles. The summed E-state index contributed by atoms with van der Waals surface area (Å²) in [6, 6.07) is 15.1. The zero-order valence-corrected chi connectivity index (χ0v) is 21.8. The largest absolute Gasteiger partial charge is 0.492 e. The van der Waals surface area contributed by atoms with Crippen LogP contribution in [0, 0.1) is 0 Å². The number of nitrogens with two attached hydrogens (primary N) is 1. The molecule has 8 nitrogen and oxygen atoms in total. The molecule has 5 rings (SSSR count). The van der Waals surface area contributed by atoms with Crippen molar-refractivity contribution in [1.29, 1.82) is 0 Å². The number of likely N-dealkylation sites (tertiary alicyclic amines) is 1. The fourth-order valence-electron chi connectivity index (χ4n) is 5.83. The highest BCUT2D eigenvalue weighted by molar-refractivity contribution is 7.90. The average Bonchev–Trinajstić information content (AvgIpc) is 3.55. The number of nitrogens with zero attached hydrogens (tertiary/aromatic N) is 3. The highest BCUT2D eigenvalue weighted by atomic mass is 32.2. The van der Waals surface area contributed by atoms with Crippen molar-refractivity contribution >= 4 is 22.0 Å². The molecule has 36 heavy (non-hydrogen) atoms. The van der Waals surface area contributed by atoms with Crippen molar-refractivity contribution in [3.8, 4) is 5.75 Å². The van der Waals surface area contributed by atoms with Crippen LogP contribution in [0.4, 0.5) is 5.69 Å². The molecule has 0 spiro atoms. The van der Waals surface area contributed by atoms with E-state index in [1.807, 2.05) is 25.2 Å². The molecule has 3 aliphatic rings. The molecule has 0 aromatic heterocycles. The molecular formula is C27H37N5O3S. The van der Waals surface area contributed by atoms with Gasteiger partial charge in [0, 0.05) is 31.2 Å². The van der Waals surface area contributed by atoms with Crippen LogP contribution < -0.4 is 15.2 Å². The van der Waals surface area contributed by atoms with E-state index in [1.54, 1.807) is 11.2 Å². The lowest BCUT2D eigenvalue weighted by molar-refractivity contribution is 0.188. The van der Waals surface area contributed by atoms with Crippen molar-refractivity contribution in [1.82, 2.24) is 14.5 Å². The lowest BCUT2D eigenvalue weighted by Crippen LogP contribution is -2.41. The molecule has 2 aromatic rings. The predicted molar refractivity (Wildman–Crippen MR) is 144 cm³/mol. The molecule has 9 heteroatoms. The summed E-state index contributed by atoms with van der Waals surface area (Å²) in [5.74, 6) is 1.15. The molecule has 3 unspecified atom stereocenters. The van der Waals surface area contributed by atoms with Gasteiger partial charge in [-0.05, 0) is 86.1 Å². The Balaban J connectivity index is 1.28.